The molecule has 2 aromatic heterocycles. The van der Waals surface area contributed by atoms with Crippen LogP contribution in [-0.4, -0.2) is 67.9 Å². The van der Waals surface area contributed by atoms with E-state index >= 15 is 0 Å². The van der Waals surface area contributed by atoms with Crippen molar-refractivity contribution in [2.45, 2.75) is 25.3 Å². The second-order valence-corrected chi connectivity index (χ2v) is 6.94. The Hall–Kier alpha value is -3.29. The Labute approximate surface area is 168 Å². The first-order valence-corrected chi connectivity index (χ1v) is 8.61. The van der Waals surface area contributed by atoms with Gasteiger partial charge in [-0.2, -0.15) is 13.2 Å². The number of nitrogens with one attached hydrogen (secondary N) is 1. The van der Waals surface area contributed by atoms with Crippen molar-refractivity contribution >= 4 is 17.9 Å². The number of hydrogen-bond acceptors (Lipinski definition) is 8. The highest BCUT2D eigenvalue weighted by Crippen LogP contribution is 2.29. The Balaban J connectivity index is 1.78. The van der Waals surface area contributed by atoms with Crippen LogP contribution in [0.3, 0.4) is 0 Å². The van der Waals surface area contributed by atoms with E-state index in [2.05, 4.69) is 25.8 Å². The molecule has 11 nitrogen and oxygen atoms in total. The molecule has 0 spiro atoms. The Morgan fingerprint density at radius 1 is 1.37 bits per heavy atom. The molecule has 0 saturated carbocycles. The number of pyridine rings is 1. The van der Waals surface area contributed by atoms with E-state index in [-0.39, 0.29) is 30.4 Å². The largest absolute Gasteiger partial charge is 0.439 e. The van der Waals surface area contributed by atoms with Gasteiger partial charge < -0.3 is 14.4 Å². The van der Waals surface area contributed by atoms with Crippen molar-refractivity contribution in [3.05, 3.63) is 29.1 Å². The fourth-order valence-corrected chi connectivity index (χ4v) is 2.81. The Morgan fingerprint density at radius 3 is 2.67 bits per heavy atom. The number of alkyl halides is 3. The van der Waals surface area contributed by atoms with Crippen LogP contribution < -0.4 is 5.32 Å². The maximum atomic E-state index is 13.1. The van der Waals surface area contributed by atoms with E-state index in [0.29, 0.717) is 6.07 Å². The summed E-state index contributed by atoms with van der Waals surface area (Å²) in [6.45, 7) is 1.35. The number of ether oxygens (including phenoxy) is 2. The number of amides is 2. The van der Waals surface area contributed by atoms with Crippen LogP contribution in [0.25, 0.3) is 0 Å². The number of anilines is 1. The summed E-state index contributed by atoms with van der Waals surface area (Å²) in [4.78, 5) is 29.0. The molecule has 14 heteroatoms. The van der Waals surface area contributed by atoms with E-state index in [4.69, 9.17) is 9.47 Å². The zero-order chi connectivity index (χ0) is 22.1. The van der Waals surface area contributed by atoms with E-state index < -0.39 is 36.1 Å². The van der Waals surface area contributed by atoms with Gasteiger partial charge in [-0.3, -0.25) is 10.1 Å². The summed E-state index contributed by atoms with van der Waals surface area (Å²) in [6, 6.07) is 1.70. The third-order valence-electron chi connectivity index (χ3n) is 4.22. The Morgan fingerprint density at radius 2 is 2.10 bits per heavy atom. The molecule has 1 fully saturated rings. The van der Waals surface area contributed by atoms with Gasteiger partial charge in [-0.15, -0.1) is 0 Å². The Bertz CT molecular complexity index is 965. The minimum absolute atomic E-state index is 0.000169. The molecule has 0 aliphatic carbocycles. The number of carbonyl (C=O) groups is 2. The van der Waals surface area contributed by atoms with Gasteiger partial charge in [0.1, 0.15) is 5.69 Å². The standard InChI is InChI=1S/C16H18F3N7O4/c1-15(7-25(2)14(28)30-15)8-29-6-10-9(4-5-11(20-10)16(17,18)19)12(27)21-13-22-23-24-26(13)3/h4-5H,6-8H2,1-3H3,(H,21,22,24,27). The molecule has 1 aliphatic rings. The van der Waals surface area contributed by atoms with Crippen molar-refractivity contribution < 1.29 is 32.2 Å². The molecular weight excluding hydrogens is 411 g/mol. The molecule has 1 aliphatic heterocycles. The summed E-state index contributed by atoms with van der Waals surface area (Å²) in [5.74, 6) is -0.758. The zero-order valence-electron chi connectivity index (χ0n) is 16.2. The van der Waals surface area contributed by atoms with Gasteiger partial charge in [0, 0.05) is 14.1 Å². The number of rotatable bonds is 6. The predicted octanol–water partition coefficient (Wildman–Crippen LogP) is 1.23. The number of likely N-dealkylation sites (N-methyl/N-ethyl adjacent to an activating group) is 1. The highest BCUT2D eigenvalue weighted by molar-refractivity contribution is 6.04. The first-order chi connectivity index (χ1) is 14.0. The highest BCUT2D eigenvalue weighted by atomic mass is 19.4. The average Bonchev–Trinajstić information content (AvgIpc) is 3.16. The first-order valence-electron chi connectivity index (χ1n) is 8.61. The van der Waals surface area contributed by atoms with Crippen LogP contribution in [0.15, 0.2) is 12.1 Å². The van der Waals surface area contributed by atoms with Gasteiger partial charge >= 0.3 is 12.3 Å². The average molecular weight is 429 g/mol. The van der Waals surface area contributed by atoms with E-state index in [1.54, 1.807) is 14.0 Å². The number of hydrogen-bond donors (Lipinski definition) is 1. The summed E-state index contributed by atoms with van der Waals surface area (Å²) in [6.07, 6.45) is -5.23. The molecule has 3 heterocycles. The predicted molar refractivity (Wildman–Crippen MR) is 93.2 cm³/mol. The summed E-state index contributed by atoms with van der Waals surface area (Å²) in [5, 5.41) is 12.9. The molecule has 0 bridgehead atoms. The van der Waals surface area contributed by atoms with Gasteiger partial charge in [0.25, 0.3) is 5.91 Å². The third kappa shape index (κ3) is 4.64. The molecule has 0 radical (unpaired) electrons. The maximum absolute atomic E-state index is 13.1. The fourth-order valence-electron chi connectivity index (χ4n) is 2.81. The minimum atomic E-state index is -4.70. The molecule has 1 N–H and O–H groups in total. The third-order valence-corrected chi connectivity index (χ3v) is 4.22. The number of cyclic esters (lactones) is 1. The summed E-state index contributed by atoms with van der Waals surface area (Å²) in [7, 11) is 3.02. The fraction of sp³-hybridized carbons (Fsp3) is 0.500. The highest BCUT2D eigenvalue weighted by Gasteiger charge is 2.40. The summed E-state index contributed by atoms with van der Waals surface area (Å²) < 4.78 is 51.1. The van der Waals surface area contributed by atoms with Crippen LogP contribution in [0.2, 0.25) is 0 Å². The number of aromatic nitrogens is 5. The first kappa shape index (κ1) is 21.4. The zero-order valence-corrected chi connectivity index (χ0v) is 16.2. The lowest BCUT2D eigenvalue weighted by Gasteiger charge is -2.21. The SMILES string of the molecule is CN1CC(C)(COCc2nc(C(F)(F)F)ccc2C(=O)Nc2nnnn2C)OC1=O. The molecule has 1 atom stereocenters. The topological polar surface area (TPSA) is 124 Å². The monoisotopic (exact) mass is 429 g/mol. The molecule has 0 aromatic carbocycles. The minimum Gasteiger partial charge on any atom is -0.439 e. The number of halogens is 3. The lowest BCUT2D eigenvalue weighted by atomic mass is 10.1. The van der Waals surface area contributed by atoms with Gasteiger partial charge in [0.15, 0.2) is 5.60 Å². The Kier molecular flexibility index (Phi) is 5.61. The van der Waals surface area contributed by atoms with Crippen LogP contribution in [0, 0.1) is 0 Å². The molecule has 1 unspecified atom stereocenters. The number of aryl methyl sites for hydroxylation is 1. The van der Waals surface area contributed by atoms with E-state index in [1.165, 1.54) is 16.6 Å². The van der Waals surface area contributed by atoms with Crippen LogP contribution in [0.4, 0.5) is 23.9 Å². The molecule has 3 rings (SSSR count). The van der Waals surface area contributed by atoms with Crippen LogP contribution in [0.1, 0.15) is 28.7 Å². The second kappa shape index (κ2) is 7.85. The van der Waals surface area contributed by atoms with Crippen molar-refractivity contribution in [3.63, 3.8) is 0 Å². The van der Waals surface area contributed by atoms with Crippen LogP contribution in [-0.2, 0) is 29.3 Å². The van der Waals surface area contributed by atoms with Gasteiger partial charge in [-0.05, 0) is 29.5 Å². The van der Waals surface area contributed by atoms with Crippen molar-refractivity contribution in [2.75, 3.05) is 25.5 Å². The van der Waals surface area contributed by atoms with Gasteiger partial charge in [0.05, 0.1) is 31.0 Å². The smallest absolute Gasteiger partial charge is 0.433 e. The van der Waals surface area contributed by atoms with Gasteiger partial charge in [-0.25, -0.2) is 14.5 Å². The molecule has 2 amide bonds. The van der Waals surface area contributed by atoms with Gasteiger partial charge in [0.2, 0.25) is 5.95 Å². The number of nitrogens with zero attached hydrogens (tertiary/aromatic N) is 6. The summed E-state index contributed by atoms with van der Waals surface area (Å²) in [5.41, 5.74) is -2.52. The number of carbonyl (C=O) groups excluding carboxylic acids is 2. The molecule has 162 valence electrons. The molecule has 30 heavy (non-hydrogen) atoms. The van der Waals surface area contributed by atoms with E-state index in [1.807, 2.05) is 0 Å². The summed E-state index contributed by atoms with van der Waals surface area (Å²) >= 11 is 0. The van der Waals surface area contributed by atoms with E-state index in [9.17, 15) is 22.8 Å². The lowest BCUT2D eigenvalue weighted by molar-refractivity contribution is -0.141. The molecule has 2 aromatic rings. The van der Waals surface area contributed by atoms with Crippen molar-refractivity contribution in [1.29, 1.82) is 0 Å². The van der Waals surface area contributed by atoms with Crippen molar-refractivity contribution in [1.82, 2.24) is 30.1 Å². The van der Waals surface area contributed by atoms with Gasteiger partial charge in [-0.1, -0.05) is 5.10 Å². The quantitative estimate of drug-likeness (QED) is 0.727. The van der Waals surface area contributed by atoms with Crippen molar-refractivity contribution in [2.24, 2.45) is 7.05 Å². The second-order valence-electron chi connectivity index (χ2n) is 6.94. The van der Waals surface area contributed by atoms with Crippen LogP contribution in [0.5, 0.6) is 0 Å². The van der Waals surface area contributed by atoms with E-state index in [0.717, 1.165) is 6.07 Å². The maximum Gasteiger partial charge on any atom is 0.433 e. The molecular formula is C16H18F3N7O4. The van der Waals surface area contributed by atoms with Crippen LogP contribution >= 0.6 is 0 Å². The normalized spacial score (nSPS) is 19.1. The molecule has 1 saturated heterocycles. The van der Waals surface area contributed by atoms with Crippen molar-refractivity contribution in [3.8, 4) is 0 Å². The lowest BCUT2D eigenvalue weighted by Crippen LogP contribution is -2.35. The number of tetrazole rings is 1.